The summed E-state index contributed by atoms with van der Waals surface area (Å²) >= 11 is 0. The third-order valence-electron chi connectivity index (χ3n) is 3.27. The van der Waals surface area contributed by atoms with Crippen LogP contribution in [0.2, 0.25) is 0 Å². The molecule has 0 aromatic heterocycles. The Kier molecular flexibility index (Phi) is 12.9. The zero-order valence-corrected chi connectivity index (χ0v) is 16.6. The molecule has 0 fully saturated rings. The Balaban J connectivity index is 4.72. The van der Waals surface area contributed by atoms with Gasteiger partial charge in [0.15, 0.2) is 0 Å². The lowest BCUT2D eigenvalue weighted by Gasteiger charge is -2.36. The SMILES string of the molecule is [B]C(COP(OCC[N+]#[C-])N(C(C)C)C(C)C)O[C@H](CC)[C@@H](C)F. The lowest BCUT2D eigenvalue weighted by atomic mass is 10.0. The molecule has 0 amide bonds. The topological polar surface area (TPSA) is 35.3 Å². The van der Waals surface area contributed by atoms with Crippen molar-refractivity contribution >= 4 is 16.4 Å². The van der Waals surface area contributed by atoms with Crippen molar-refractivity contribution in [1.82, 2.24) is 4.67 Å². The molecular formula is C16H31BFN2O3P. The summed E-state index contributed by atoms with van der Waals surface area (Å²) in [7, 11) is 4.56. The Hall–Kier alpha value is -0.245. The number of rotatable bonds is 13. The predicted octanol–water partition coefficient (Wildman–Crippen LogP) is 3.93. The first-order valence-corrected chi connectivity index (χ1v) is 9.60. The number of hydrogen-bond acceptors (Lipinski definition) is 4. The van der Waals surface area contributed by atoms with Gasteiger partial charge in [0.05, 0.1) is 12.7 Å². The molecule has 0 aromatic rings. The van der Waals surface area contributed by atoms with E-state index in [4.69, 9.17) is 28.2 Å². The van der Waals surface area contributed by atoms with Crippen molar-refractivity contribution in [3.05, 3.63) is 11.4 Å². The molecule has 0 saturated carbocycles. The van der Waals surface area contributed by atoms with E-state index in [9.17, 15) is 4.39 Å². The molecule has 5 nitrogen and oxygen atoms in total. The first kappa shape index (κ1) is 23.8. The van der Waals surface area contributed by atoms with Gasteiger partial charge < -0.3 is 18.6 Å². The van der Waals surface area contributed by atoms with Gasteiger partial charge in [-0.1, -0.05) is 6.92 Å². The first-order chi connectivity index (χ1) is 11.2. The summed E-state index contributed by atoms with van der Waals surface area (Å²) in [4.78, 5) is 3.29. The lowest BCUT2D eigenvalue weighted by molar-refractivity contribution is -0.0318. The zero-order valence-electron chi connectivity index (χ0n) is 15.7. The van der Waals surface area contributed by atoms with Crippen LogP contribution in [-0.4, -0.2) is 62.6 Å². The summed E-state index contributed by atoms with van der Waals surface area (Å²) < 4.78 is 32.6. The standard InChI is InChI=1S/C16H31BFN2O3P/c1-8-15(14(6)18)23-16(17)11-22-24(21-10-9-19-7)20(12(2)3)13(4)5/h12-16H,8-11H2,1-6H3/t14-,15-,16?,24?/m1/s1. The molecule has 0 saturated heterocycles. The van der Waals surface area contributed by atoms with Gasteiger partial charge in [-0.3, -0.25) is 0 Å². The zero-order chi connectivity index (χ0) is 18.7. The number of hydrogen-bond donors (Lipinski definition) is 0. The third-order valence-corrected chi connectivity index (χ3v) is 5.34. The predicted molar refractivity (Wildman–Crippen MR) is 97.7 cm³/mol. The van der Waals surface area contributed by atoms with Gasteiger partial charge in [-0.05, 0) is 41.0 Å². The number of ether oxygens (including phenoxy) is 1. The van der Waals surface area contributed by atoms with Gasteiger partial charge in [0.2, 0.25) is 6.54 Å². The molecule has 2 unspecified atom stereocenters. The van der Waals surface area contributed by atoms with Crippen LogP contribution in [-0.2, 0) is 13.8 Å². The molecule has 0 heterocycles. The van der Waals surface area contributed by atoms with Crippen LogP contribution >= 0.6 is 8.53 Å². The highest BCUT2D eigenvalue weighted by atomic mass is 31.2. The maximum absolute atomic E-state index is 13.4. The van der Waals surface area contributed by atoms with Crippen LogP contribution in [0.5, 0.6) is 0 Å². The van der Waals surface area contributed by atoms with Crippen molar-refractivity contribution in [3.8, 4) is 0 Å². The second-order valence-corrected chi connectivity index (χ2v) is 7.57. The van der Waals surface area contributed by atoms with Crippen molar-refractivity contribution in [2.75, 3.05) is 19.8 Å². The highest BCUT2D eigenvalue weighted by Crippen LogP contribution is 2.45. The molecule has 0 aliphatic rings. The molecule has 0 aliphatic heterocycles. The molecular weight excluding hydrogens is 329 g/mol. The average Bonchev–Trinajstić information content (AvgIpc) is 2.49. The van der Waals surface area contributed by atoms with Gasteiger partial charge in [0.1, 0.15) is 20.6 Å². The van der Waals surface area contributed by atoms with E-state index < -0.39 is 26.8 Å². The van der Waals surface area contributed by atoms with Crippen LogP contribution in [0, 0.1) is 6.57 Å². The molecule has 0 N–H and O–H groups in total. The maximum Gasteiger partial charge on any atom is 0.259 e. The molecule has 138 valence electrons. The number of halogens is 1. The van der Waals surface area contributed by atoms with Crippen molar-refractivity contribution in [1.29, 1.82) is 0 Å². The molecule has 0 bridgehead atoms. The largest absolute Gasteiger partial charge is 0.379 e. The smallest absolute Gasteiger partial charge is 0.259 e. The second-order valence-electron chi connectivity index (χ2n) is 6.11. The van der Waals surface area contributed by atoms with Crippen LogP contribution in [0.1, 0.15) is 48.0 Å². The molecule has 8 heteroatoms. The van der Waals surface area contributed by atoms with E-state index >= 15 is 0 Å². The van der Waals surface area contributed by atoms with Crippen LogP contribution < -0.4 is 0 Å². The third kappa shape index (κ3) is 9.29. The Labute approximate surface area is 149 Å². The Morgan fingerprint density at radius 3 is 2.17 bits per heavy atom. The highest BCUT2D eigenvalue weighted by molar-refractivity contribution is 7.44. The normalized spacial score (nSPS) is 17.0. The summed E-state index contributed by atoms with van der Waals surface area (Å²) in [5.74, 6) is 0. The Morgan fingerprint density at radius 2 is 1.75 bits per heavy atom. The Bertz CT molecular complexity index is 362. The van der Waals surface area contributed by atoms with E-state index in [0.29, 0.717) is 13.0 Å². The van der Waals surface area contributed by atoms with E-state index in [1.807, 2.05) is 6.92 Å². The molecule has 0 rings (SSSR count). The van der Waals surface area contributed by atoms with Crippen LogP contribution in [0.4, 0.5) is 4.39 Å². The summed E-state index contributed by atoms with van der Waals surface area (Å²) in [6, 6.07) is -0.283. The van der Waals surface area contributed by atoms with Gasteiger partial charge in [0, 0.05) is 18.1 Å². The average molecular weight is 360 g/mol. The minimum absolute atomic E-state index is 0.114. The lowest BCUT2D eigenvalue weighted by Crippen LogP contribution is -2.35. The maximum atomic E-state index is 13.4. The number of nitrogens with zero attached hydrogens (tertiary/aromatic N) is 2. The summed E-state index contributed by atoms with van der Waals surface area (Å²) in [5.41, 5.74) is 0. The van der Waals surface area contributed by atoms with Crippen molar-refractivity contribution in [2.24, 2.45) is 0 Å². The monoisotopic (exact) mass is 360 g/mol. The fourth-order valence-corrected chi connectivity index (χ4v) is 3.85. The minimum Gasteiger partial charge on any atom is -0.379 e. The van der Waals surface area contributed by atoms with Gasteiger partial charge in [0.25, 0.3) is 8.53 Å². The van der Waals surface area contributed by atoms with Gasteiger partial charge in [-0.25, -0.2) is 15.6 Å². The van der Waals surface area contributed by atoms with E-state index in [1.165, 1.54) is 6.92 Å². The van der Waals surface area contributed by atoms with Gasteiger partial charge in [-0.15, -0.1) is 0 Å². The summed E-state index contributed by atoms with van der Waals surface area (Å²) in [5, 5.41) is 0. The fraction of sp³-hybridized carbons (Fsp3) is 0.938. The van der Waals surface area contributed by atoms with E-state index in [-0.39, 0.29) is 25.2 Å². The molecule has 0 aromatic carbocycles. The van der Waals surface area contributed by atoms with E-state index in [1.54, 1.807) is 0 Å². The minimum atomic E-state index is -1.36. The van der Waals surface area contributed by atoms with E-state index in [0.717, 1.165) is 0 Å². The summed E-state index contributed by atoms with van der Waals surface area (Å²) in [6.07, 6.45) is -1.07. The molecule has 2 radical (unpaired) electrons. The molecule has 0 spiro atoms. The highest BCUT2D eigenvalue weighted by Gasteiger charge is 2.28. The van der Waals surface area contributed by atoms with Gasteiger partial charge in [-0.2, -0.15) is 0 Å². The molecule has 24 heavy (non-hydrogen) atoms. The molecule has 4 atom stereocenters. The van der Waals surface area contributed by atoms with Crippen LogP contribution in [0.25, 0.3) is 4.85 Å². The van der Waals surface area contributed by atoms with Crippen LogP contribution in [0.15, 0.2) is 0 Å². The van der Waals surface area contributed by atoms with Crippen molar-refractivity contribution in [3.63, 3.8) is 0 Å². The van der Waals surface area contributed by atoms with Gasteiger partial charge >= 0.3 is 0 Å². The van der Waals surface area contributed by atoms with Crippen molar-refractivity contribution < 1.29 is 18.2 Å². The van der Waals surface area contributed by atoms with Crippen LogP contribution in [0.3, 0.4) is 0 Å². The first-order valence-electron chi connectivity index (χ1n) is 8.47. The quantitative estimate of drug-likeness (QED) is 0.216. The summed E-state index contributed by atoms with van der Waals surface area (Å²) in [6.45, 7) is 19.1. The number of alkyl halides is 1. The van der Waals surface area contributed by atoms with E-state index in [2.05, 4.69) is 37.2 Å². The fourth-order valence-electron chi connectivity index (χ4n) is 2.24. The second kappa shape index (κ2) is 13.0. The Morgan fingerprint density at radius 1 is 1.17 bits per heavy atom. The van der Waals surface area contributed by atoms with Crippen molar-refractivity contribution in [2.45, 2.75) is 78.3 Å². The molecule has 0 aliphatic carbocycles.